The number of nitrogens with two attached hydrogens (primary N) is 1. The number of nitrogens with zero attached hydrogens (tertiary/aromatic N) is 1. The minimum Gasteiger partial charge on any atom is -0.397 e. The molecule has 0 aliphatic carbocycles. The summed E-state index contributed by atoms with van der Waals surface area (Å²) in [5.74, 6) is 0. The van der Waals surface area contributed by atoms with Gasteiger partial charge in [0.15, 0.2) is 0 Å². The van der Waals surface area contributed by atoms with Gasteiger partial charge in [-0.15, -0.1) is 0 Å². The molecule has 3 heteroatoms. The van der Waals surface area contributed by atoms with Gasteiger partial charge in [0.05, 0.1) is 11.3 Å². The van der Waals surface area contributed by atoms with Crippen molar-refractivity contribution < 1.29 is 0 Å². The average molecular weight is 247 g/mol. The lowest BCUT2D eigenvalue weighted by atomic mass is 10.1. The van der Waals surface area contributed by atoms with Crippen LogP contribution < -0.4 is 5.73 Å². The molecular formula is C11H7BrN2. The fourth-order valence-corrected chi connectivity index (χ4v) is 1.99. The van der Waals surface area contributed by atoms with Crippen LogP contribution in [-0.2, 0) is 0 Å². The molecule has 0 fully saturated rings. The molecule has 2 aromatic rings. The molecule has 2 aromatic carbocycles. The van der Waals surface area contributed by atoms with E-state index in [2.05, 4.69) is 22.0 Å². The lowest BCUT2D eigenvalue weighted by molar-refractivity contribution is 1.49. The van der Waals surface area contributed by atoms with Crippen molar-refractivity contribution in [2.24, 2.45) is 0 Å². The van der Waals surface area contributed by atoms with Gasteiger partial charge in [-0.1, -0.05) is 24.3 Å². The van der Waals surface area contributed by atoms with Gasteiger partial charge < -0.3 is 5.73 Å². The summed E-state index contributed by atoms with van der Waals surface area (Å²) in [6, 6.07) is 11.7. The number of hydrogen-bond donors (Lipinski definition) is 1. The first kappa shape index (κ1) is 9.04. The number of nitrogen functional groups attached to an aromatic ring is 1. The zero-order valence-corrected chi connectivity index (χ0v) is 8.88. The lowest BCUT2D eigenvalue weighted by Gasteiger charge is -2.05. The highest BCUT2D eigenvalue weighted by atomic mass is 79.9. The van der Waals surface area contributed by atoms with Crippen LogP contribution in [0, 0.1) is 11.3 Å². The van der Waals surface area contributed by atoms with E-state index in [9.17, 15) is 0 Å². The minimum atomic E-state index is 0.506. The summed E-state index contributed by atoms with van der Waals surface area (Å²) in [6.07, 6.45) is 0. The van der Waals surface area contributed by atoms with Crippen LogP contribution in [0.15, 0.2) is 34.8 Å². The molecule has 0 amide bonds. The Bertz CT molecular complexity index is 541. The predicted octanol–water partition coefficient (Wildman–Crippen LogP) is 3.06. The lowest BCUT2D eigenvalue weighted by Crippen LogP contribution is -1.92. The topological polar surface area (TPSA) is 49.8 Å². The molecule has 0 aliphatic rings. The first-order valence-corrected chi connectivity index (χ1v) is 4.90. The van der Waals surface area contributed by atoms with E-state index in [1.165, 1.54) is 0 Å². The summed E-state index contributed by atoms with van der Waals surface area (Å²) in [5.41, 5.74) is 6.81. The molecule has 0 aromatic heterocycles. The van der Waals surface area contributed by atoms with Crippen LogP contribution >= 0.6 is 15.9 Å². The van der Waals surface area contributed by atoms with Gasteiger partial charge in [0.25, 0.3) is 0 Å². The second-order valence-corrected chi connectivity index (χ2v) is 3.78. The fourth-order valence-electron chi connectivity index (χ4n) is 1.41. The SMILES string of the molecule is N#Cc1cc2ccccc2c(Br)c1N. The number of hydrogen-bond acceptors (Lipinski definition) is 2. The summed E-state index contributed by atoms with van der Waals surface area (Å²) in [5, 5.41) is 10.9. The first-order valence-electron chi connectivity index (χ1n) is 4.11. The molecule has 2 rings (SSSR count). The molecule has 2 nitrogen and oxygen atoms in total. The van der Waals surface area contributed by atoms with Crippen LogP contribution in [0.4, 0.5) is 5.69 Å². The third-order valence-corrected chi connectivity index (χ3v) is 3.00. The average Bonchev–Trinajstić information content (AvgIpc) is 2.23. The molecule has 0 heterocycles. The summed E-state index contributed by atoms with van der Waals surface area (Å²) >= 11 is 3.40. The molecule has 0 unspecified atom stereocenters. The number of nitriles is 1. The molecule has 68 valence electrons. The first-order chi connectivity index (χ1) is 6.74. The van der Waals surface area contributed by atoms with Gasteiger partial charge in [-0.25, -0.2) is 0 Å². The molecule has 0 bridgehead atoms. The highest BCUT2D eigenvalue weighted by molar-refractivity contribution is 9.10. The second-order valence-electron chi connectivity index (χ2n) is 2.98. The third kappa shape index (κ3) is 1.24. The van der Waals surface area contributed by atoms with Crippen molar-refractivity contribution in [2.45, 2.75) is 0 Å². The molecule has 0 spiro atoms. The standard InChI is InChI=1S/C11H7BrN2/c12-10-9-4-2-1-3-7(9)5-8(6-13)11(10)14/h1-5H,14H2. The maximum absolute atomic E-state index is 8.85. The summed E-state index contributed by atoms with van der Waals surface area (Å²) in [6.45, 7) is 0. The van der Waals surface area contributed by atoms with Gasteiger partial charge in [-0.2, -0.15) is 5.26 Å². The highest BCUT2D eigenvalue weighted by Crippen LogP contribution is 2.32. The molecular weight excluding hydrogens is 240 g/mol. The Morgan fingerprint density at radius 1 is 1.29 bits per heavy atom. The molecule has 0 aliphatic heterocycles. The van der Waals surface area contributed by atoms with Crippen LogP contribution in [0.1, 0.15) is 5.56 Å². The van der Waals surface area contributed by atoms with Crippen molar-refractivity contribution in [3.63, 3.8) is 0 Å². The number of rotatable bonds is 0. The van der Waals surface area contributed by atoms with E-state index >= 15 is 0 Å². The molecule has 0 atom stereocenters. The van der Waals surface area contributed by atoms with E-state index in [-0.39, 0.29) is 0 Å². The molecule has 0 saturated carbocycles. The third-order valence-electron chi connectivity index (χ3n) is 2.14. The summed E-state index contributed by atoms with van der Waals surface area (Å²) < 4.78 is 0.798. The Kier molecular flexibility index (Phi) is 2.14. The van der Waals surface area contributed by atoms with Gasteiger partial charge >= 0.3 is 0 Å². The monoisotopic (exact) mass is 246 g/mol. The predicted molar refractivity (Wildman–Crippen MR) is 60.8 cm³/mol. The zero-order chi connectivity index (χ0) is 10.1. The zero-order valence-electron chi connectivity index (χ0n) is 7.29. The molecule has 0 radical (unpaired) electrons. The molecule has 0 saturated heterocycles. The highest BCUT2D eigenvalue weighted by Gasteiger charge is 2.07. The summed E-state index contributed by atoms with van der Waals surface area (Å²) in [7, 11) is 0. The Balaban J connectivity index is 2.94. The van der Waals surface area contributed by atoms with Crippen molar-refractivity contribution in [2.75, 3.05) is 5.73 Å². The van der Waals surface area contributed by atoms with Gasteiger partial charge in [0.1, 0.15) is 6.07 Å². The fraction of sp³-hybridized carbons (Fsp3) is 0. The largest absolute Gasteiger partial charge is 0.397 e. The Morgan fingerprint density at radius 3 is 2.71 bits per heavy atom. The number of anilines is 1. The van der Waals surface area contributed by atoms with Gasteiger partial charge in [-0.3, -0.25) is 0 Å². The van der Waals surface area contributed by atoms with E-state index in [0.717, 1.165) is 15.2 Å². The minimum absolute atomic E-state index is 0.506. The van der Waals surface area contributed by atoms with E-state index < -0.39 is 0 Å². The Morgan fingerprint density at radius 2 is 2.00 bits per heavy atom. The van der Waals surface area contributed by atoms with Crippen LogP contribution in [-0.4, -0.2) is 0 Å². The molecule has 2 N–H and O–H groups in total. The number of fused-ring (bicyclic) bond motifs is 1. The van der Waals surface area contributed by atoms with Crippen LogP contribution in [0.3, 0.4) is 0 Å². The maximum Gasteiger partial charge on any atom is 0.101 e. The van der Waals surface area contributed by atoms with Crippen molar-refractivity contribution in [3.05, 3.63) is 40.4 Å². The number of halogens is 1. The Hall–Kier alpha value is -1.53. The van der Waals surface area contributed by atoms with Gasteiger partial charge in [-0.05, 0) is 32.8 Å². The second kappa shape index (κ2) is 3.32. The van der Waals surface area contributed by atoms with Crippen molar-refractivity contribution >= 4 is 32.4 Å². The summed E-state index contributed by atoms with van der Waals surface area (Å²) in [4.78, 5) is 0. The quantitative estimate of drug-likeness (QED) is 0.727. The van der Waals surface area contributed by atoms with Crippen LogP contribution in [0.5, 0.6) is 0 Å². The smallest absolute Gasteiger partial charge is 0.101 e. The van der Waals surface area contributed by atoms with Crippen molar-refractivity contribution in [1.29, 1.82) is 5.26 Å². The Labute approximate surface area is 90.1 Å². The van der Waals surface area contributed by atoms with Gasteiger partial charge in [0.2, 0.25) is 0 Å². The van der Waals surface area contributed by atoms with Crippen molar-refractivity contribution in [1.82, 2.24) is 0 Å². The van der Waals surface area contributed by atoms with Crippen molar-refractivity contribution in [3.8, 4) is 6.07 Å². The van der Waals surface area contributed by atoms with E-state index in [1.807, 2.05) is 24.3 Å². The molecule has 14 heavy (non-hydrogen) atoms. The normalized spacial score (nSPS) is 10.0. The van der Waals surface area contributed by atoms with Gasteiger partial charge in [0, 0.05) is 4.47 Å². The number of benzene rings is 2. The van der Waals surface area contributed by atoms with Crippen LogP contribution in [0.2, 0.25) is 0 Å². The van der Waals surface area contributed by atoms with Crippen LogP contribution in [0.25, 0.3) is 10.8 Å². The van der Waals surface area contributed by atoms with E-state index in [1.54, 1.807) is 6.07 Å². The van der Waals surface area contributed by atoms with E-state index in [4.69, 9.17) is 11.0 Å². The maximum atomic E-state index is 8.85. The van der Waals surface area contributed by atoms with E-state index in [0.29, 0.717) is 11.3 Å².